The minimum atomic E-state index is -3.46. The smallest absolute Gasteiger partial charge is 0.329 e. The summed E-state index contributed by atoms with van der Waals surface area (Å²) in [4.78, 5) is 54.5. The van der Waals surface area contributed by atoms with Crippen LogP contribution < -0.4 is 11.2 Å². The molecule has 1 aliphatic rings. The summed E-state index contributed by atoms with van der Waals surface area (Å²) in [6, 6.07) is 6.07. The summed E-state index contributed by atoms with van der Waals surface area (Å²) in [6.07, 6.45) is 4.78. The fraction of sp³-hybridized carbons (Fsp3) is 0.304. The van der Waals surface area contributed by atoms with E-state index in [2.05, 4.69) is 15.0 Å². The lowest BCUT2D eigenvalue weighted by Crippen LogP contribution is -2.43. The molecule has 0 unspecified atom stereocenters. The highest BCUT2D eigenvalue weighted by molar-refractivity contribution is 7.90. The summed E-state index contributed by atoms with van der Waals surface area (Å²) in [5.41, 5.74) is 0.997. The SMILES string of the molecule is CS(=O)(=O)c1ccc(-c2ccc3ncc4c(=O)[nH]c(=O)n(C5CCN(C(=O)CO)CC5)c4c3n2)cn1. The van der Waals surface area contributed by atoms with Gasteiger partial charge in [-0.05, 0) is 37.1 Å². The number of piperidine rings is 1. The van der Waals surface area contributed by atoms with Crippen molar-refractivity contribution in [3.63, 3.8) is 0 Å². The van der Waals surface area contributed by atoms with Gasteiger partial charge in [0.1, 0.15) is 12.1 Å². The van der Waals surface area contributed by atoms with Gasteiger partial charge in [-0.1, -0.05) is 0 Å². The second kappa shape index (κ2) is 8.91. The van der Waals surface area contributed by atoms with E-state index in [9.17, 15) is 22.8 Å². The van der Waals surface area contributed by atoms with Crippen LogP contribution in [0.25, 0.3) is 33.2 Å². The highest BCUT2D eigenvalue weighted by Crippen LogP contribution is 2.29. The Labute approximate surface area is 204 Å². The van der Waals surface area contributed by atoms with Gasteiger partial charge in [0.05, 0.1) is 22.1 Å². The summed E-state index contributed by atoms with van der Waals surface area (Å²) in [6.45, 7) is 0.142. The van der Waals surface area contributed by atoms with E-state index in [4.69, 9.17) is 10.1 Å². The molecule has 13 heteroatoms. The average molecular weight is 511 g/mol. The zero-order valence-electron chi connectivity index (χ0n) is 19.2. The largest absolute Gasteiger partial charge is 0.387 e. The molecule has 4 aromatic heterocycles. The van der Waals surface area contributed by atoms with Gasteiger partial charge < -0.3 is 10.0 Å². The average Bonchev–Trinajstić information content (AvgIpc) is 2.87. The third kappa shape index (κ3) is 4.16. The molecule has 1 amide bonds. The molecule has 1 aliphatic heterocycles. The predicted molar refractivity (Wildman–Crippen MR) is 130 cm³/mol. The van der Waals surface area contributed by atoms with Gasteiger partial charge in [-0.2, -0.15) is 0 Å². The van der Waals surface area contributed by atoms with Crippen LogP contribution in [0.2, 0.25) is 0 Å². The van der Waals surface area contributed by atoms with E-state index >= 15 is 0 Å². The maximum atomic E-state index is 13.0. The molecule has 0 atom stereocenters. The lowest BCUT2D eigenvalue weighted by molar-refractivity contribution is -0.135. The Morgan fingerprint density at radius 3 is 2.50 bits per heavy atom. The molecular formula is C23H22N6O6S. The molecular weight excluding hydrogens is 488 g/mol. The lowest BCUT2D eigenvalue weighted by atomic mass is 10.0. The van der Waals surface area contributed by atoms with Crippen molar-refractivity contribution in [1.82, 2.24) is 29.4 Å². The molecule has 5 rings (SSSR count). The van der Waals surface area contributed by atoms with E-state index in [1.165, 1.54) is 23.0 Å². The molecule has 0 aromatic carbocycles. The summed E-state index contributed by atoms with van der Waals surface area (Å²) in [5.74, 6) is -0.372. The van der Waals surface area contributed by atoms with Crippen molar-refractivity contribution in [3.8, 4) is 11.3 Å². The summed E-state index contributed by atoms with van der Waals surface area (Å²) < 4.78 is 25.0. The fourth-order valence-electron chi connectivity index (χ4n) is 4.52. The van der Waals surface area contributed by atoms with Crippen LogP contribution in [-0.4, -0.2) is 74.8 Å². The number of aromatic amines is 1. The van der Waals surface area contributed by atoms with E-state index < -0.39 is 27.7 Å². The number of carbonyl (C=O) groups excluding carboxylic acids is 1. The van der Waals surface area contributed by atoms with Crippen LogP contribution in [0.1, 0.15) is 18.9 Å². The Morgan fingerprint density at radius 1 is 1.11 bits per heavy atom. The molecule has 0 radical (unpaired) electrons. The van der Waals surface area contributed by atoms with Crippen LogP contribution in [0.4, 0.5) is 0 Å². The minimum absolute atomic E-state index is 0.0643. The maximum Gasteiger partial charge on any atom is 0.329 e. The topological polar surface area (TPSA) is 168 Å². The monoisotopic (exact) mass is 510 g/mol. The van der Waals surface area contributed by atoms with Crippen LogP contribution in [0.15, 0.2) is 51.3 Å². The highest BCUT2D eigenvalue weighted by atomic mass is 32.2. The second-order valence-electron chi connectivity index (χ2n) is 8.64. The Balaban J connectivity index is 1.67. The van der Waals surface area contributed by atoms with Crippen molar-refractivity contribution in [2.75, 3.05) is 26.0 Å². The summed E-state index contributed by atoms with van der Waals surface area (Å²) in [7, 11) is -3.46. The zero-order valence-corrected chi connectivity index (χ0v) is 20.0. The molecule has 0 aliphatic carbocycles. The number of sulfone groups is 1. The third-order valence-electron chi connectivity index (χ3n) is 6.34. The van der Waals surface area contributed by atoms with E-state index in [1.54, 1.807) is 23.1 Å². The Hall–Kier alpha value is -3.97. The van der Waals surface area contributed by atoms with Crippen molar-refractivity contribution in [2.24, 2.45) is 0 Å². The van der Waals surface area contributed by atoms with Gasteiger partial charge in [-0.25, -0.2) is 23.2 Å². The van der Waals surface area contributed by atoms with Gasteiger partial charge in [-0.3, -0.25) is 24.1 Å². The van der Waals surface area contributed by atoms with Gasteiger partial charge in [0.15, 0.2) is 14.9 Å². The second-order valence-corrected chi connectivity index (χ2v) is 10.6. The van der Waals surface area contributed by atoms with Gasteiger partial charge in [-0.15, -0.1) is 0 Å². The number of nitrogens with one attached hydrogen (secondary N) is 1. The van der Waals surface area contributed by atoms with Crippen molar-refractivity contribution in [2.45, 2.75) is 23.9 Å². The van der Waals surface area contributed by atoms with Crippen LogP contribution in [-0.2, 0) is 14.6 Å². The van der Waals surface area contributed by atoms with Crippen molar-refractivity contribution < 1.29 is 18.3 Å². The zero-order chi connectivity index (χ0) is 25.6. The standard InChI is InChI=1S/C23H22N6O6S/c1-36(34,35)18-5-2-13(10-25-18)16-3-4-17-20(26-16)21-15(11-24-17)22(32)27-23(33)29(21)14-6-8-28(9-7-14)19(31)12-30/h2-5,10-11,14,30H,6-9,12H2,1H3,(H,27,32,33). The molecule has 186 valence electrons. The van der Waals surface area contributed by atoms with Crippen LogP contribution in [0, 0.1) is 0 Å². The van der Waals surface area contributed by atoms with Crippen LogP contribution >= 0.6 is 0 Å². The number of carbonyl (C=O) groups is 1. The predicted octanol–water partition coefficient (Wildman–Crippen LogP) is 0.254. The number of hydrogen-bond acceptors (Lipinski definition) is 9. The first kappa shape index (κ1) is 23.8. The highest BCUT2D eigenvalue weighted by Gasteiger charge is 2.27. The Kier molecular flexibility index (Phi) is 5.88. The van der Waals surface area contributed by atoms with Gasteiger partial charge in [0.25, 0.3) is 5.56 Å². The lowest BCUT2D eigenvalue weighted by Gasteiger charge is -2.33. The first-order valence-electron chi connectivity index (χ1n) is 11.2. The molecule has 0 saturated carbocycles. The Morgan fingerprint density at radius 2 is 1.86 bits per heavy atom. The van der Waals surface area contributed by atoms with Gasteiger partial charge in [0.2, 0.25) is 5.91 Å². The van der Waals surface area contributed by atoms with Crippen LogP contribution in [0.3, 0.4) is 0 Å². The minimum Gasteiger partial charge on any atom is -0.387 e. The molecule has 36 heavy (non-hydrogen) atoms. The fourth-order valence-corrected chi connectivity index (χ4v) is 5.08. The number of aliphatic hydroxyl groups is 1. The first-order valence-corrected chi connectivity index (χ1v) is 13.1. The maximum absolute atomic E-state index is 13.0. The number of aromatic nitrogens is 5. The van der Waals surface area contributed by atoms with Gasteiger partial charge in [0, 0.05) is 43.3 Å². The summed E-state index contributed by atoms with van der Waals surface area (Å²) >= 11 is 0. The van der Waals surface area contributed by atoms with Gasteiger partial charge >= 0.3 is 5.69 Å². The number of aliphatic hydroxyl groups excluding tert-OH is 1. The molecule has 4 aromatic rings. The van der Waals surface area contributed by atoms with Crippen LogP contribution in [0.5, 0.6) is 0 Å². The van der Waals surface area contributed by atoms with Crippen molar-refractivity contribution in [1.29, 1.82) is 0 Å². The number of likely N-dealkylation sites (tertiary alicyclic amines) is 1. The van der Waals surface area contributed by atoms with E-state index in [-0.39, 0.29) is 22.4 Å². The number of rotatable bonds is 4. The number of H-pyrrole nitrogens is 1. The number of pyridine rings is 3. The van der Waals surface area contributed by atoms with E-state index in [0.717, 1.165) is 6.26 Å². The number of nitrogens with zero attached hydrogens (tertiary/aromatic N) is 5. The molecule has 5 heterocycles. The molecule has 2 N–H and O–H groups in total. The molecule has 1 saturated heterocycles. The quantitative estimate of drug-likeness (QED) is 0.366. The molecule has 0 bridgehead atoms. The van der Waals surface area contributed by atoms with Crippen molar-refractivity contribution in [3.05, 3.63) is 57.5 Å². The van der Waals surface area contributed by atoms with E-state index in [0.29, 0.717) is 53.7 Å². The van der Waals surface area contributed by atoms with E-state index in [1.807, 2.05) is 0 Å². The Bertz CT molecular complexity index is 1720. The normalized spacial score (nSPS) is 15.0. The van der Waals surface area contributed by atoms with Crippen molar-refractivity contribution >= 4 is 37.7 Å². The first-order chi connectivity index (χ1) is 17.2. The molecule has 1 fully saturated rings. The number of amides is 1. The number of hydrogen-bond donors (Lipinski definition) is 2. The summed E-state index contributed by atoms with van der Waals surface area (Å²) in [5, 5.41) is 9.28. The third-order valence-corrected chi connectivity index (χ3v) is 7.34. The molecule has 12 nitrogen and oxygen atoms in total. The molecule has 0 spiro atoms. The number of fused-ring (bicyclic) bond motifs is 3.